The van der Waals surface area contributed by atoms with Crippen molar-refractivity contribution in [3.8, 4) is 11.4 Å². The molecule has 0 aliphatic rings. The van der Waals surface area contributed by atoms with Gasteiger partial charge >= 0.3 is 11.8 Å². The van der Waals surface area contributed by atoms with Crippen molar-refractivity contribution in [1.82, 2.24) is 15.5 Å². The van der Waals surface area contributed by atoms with Crippen molar-refractivity contribution in [3.05, 3.63) is 71.1 Å². The van der Waals surface area contributed by atoms with E-state index in [4.69, 9.17) is 16.1 Å². The molecule has 0 bridgehead atoms. The van der Waals surface area contributed by atoms with Crippen LogP contribution in [0.2, 0.25) is 5.02 Å². The molecule has 1 N–H and O–H groups in total. The highest BCUT2D eigenvalue weighted by atomic mass is 35.5. The van der Waals surface area contributed by atoms with Crippen LogP contribution in [0.15, 0.2) is 59.1 Å². The van der Waals surface area contributed by atoms with E-state index in [2.05, 4.69) is 15.5 Å². The molecule has 0 radical (unpaired) electrons. The molecule has 1 heterocycles. The van der Waals surface area contributed by atoms with Gasteiger partial charge in [-0.3, -0.25) is 4.79 Å². The van der Waals surface area contributed by atoms with Crippen LogP contribution in [0.5, 0.6) is 0 Å². The highest BCUT2D eigenvalue weighted by Crippen LogP contribution is 2.19. The fourth-order valence-corrected chi connectivity index (χ4v) is 2.24. The number of aromatic nitrogens is 2. The Kier molecular flexibility index (Phi) is 4.39. The van der Waals surface area contributed by atoms with Gasteiger partial charge in [-0.25, -0.2) is 0 Å². The van der Waals surface area contributed by atoms with Gasteiger partial charge in [0, 0.05) is 10.6 Å². The topological polar surface area (TPSA) is 68.0 Å². The van der Waals surface area contributed by atoms with Gasteiger partial charge in [0.05, 0.1) is 6.04 Å². The summed E-state index contributed by atoms with van der Waals surface area (Å²) in [5.41, 5.74) is 1.73. The summed E-state index contributed by atoms with van der Waals surface area (Å²) in [4.78, 5) is 16.3. The molecule has 1 amide bonds. The van der Waals surface area contributed by atoms with E-state index in [1.54, 1.807) is 24.3 Å². The molecule has 1 unspecified atom stereocenters. The molecular formula is C17H14ClN3O2. The van der Waals surface area contributed by atoms with Gasteiger partial charge < -0.3 is 9.84 Å². The number of hydrogen-bond donors (Lipinski definition) is 1. The number of hydrogen-bond acceptors (Lipinski definition) is 4. The van der Waals surface area contributed by atoms with Crippen LogP contribution >= 0.6 is 11.6 Å². The third-order valence-corrected chi connectivity index (χ3v) is 3.62. The fourth-order valence-electron chi connectivity index (χ4n) is 2.12. The first-order valence-corrected chi connectivity index (χ1v) is 7.47. The summed E-state index contributed by atoms with van der Waals surface area (Å²) in [5, 5.41) is 7.27. The molecule has 6 heteroatoms. The highest BCUT2D eigenvalue weighted by Gasteiger charge is 2.18. The normalized spacial score (nSPS) is 11.9. The Bertz CT molecular complexity index is 800. The third-order valence-electron chi connectivity index (χ3n) is 3.37. The van der Waals surface area contributed by atoms with Crippen LogP contribution in [-0.4, -0.2) is 16.0 Å². The molecule has 0 saturated heterocycles. The van der Waals surface area contributed by atoms with Crippen molar-refractivity contribution in [2.45, 2.75) is 13.0 Å². The van der Waals surface area contributed by atoms with E-state index in [1.165, 1.54) is 0 Å². The molecule has 3 aromatic rings. The molecule has 2 aromatic carbocycles. The largest absolute Gasteiger partial charge is 0.341 e. The molecule has 1 atom stereocenters. The lowest BCUT2D eigenvalue weighted by atomic mass is 10.1. The lowest BCUT2D eigenvalue weighted by molar-refractivity contribution is 0.0895. The Morgan fingerprint density at radius 1 is 1.13 bits per heavy atom. The molecule has 5 nitrogen and oxygen atoms in total. The second-order valence-corrected chi connectivity index (χ2v) is 5.47. The maximum absolute atomic E-state index is 12.2. The molecule has 23 heavy (non-hydrogen) atoms. The summed E-state index contributed by atoms with van der Waals surface area (Å²) >= 11 is 5.84. The standard InChI is InChI=1S/C17H14ClN3O2/c1-11(12-5-3-2-4-6-12)19-16(22)17-20-15(21-23-17)13-7-9-14(18)10-8-13/h2-11H,1H3,(H,19,22). The molecule has 116 valence electrons. The predicted molar refractivity (Wildman–Crippen MR) is 87.1 cm³/mol. The summed E-state index contributed by atoms with van der Waals surface area (Å²) in [5.74, 6) is -0.133. The number of carbonyl (C=O) groups is 1. The van der Waals surface area contributed by atoms with E-state index in [9.17, 15) is 4.79 Å². The second-order valence-electron chi connectivity index (χ2n) is 5.04. The minimum atomic E-state index is -0.408. The fraction of sp³-hybridized carbons (Fsp3) is 0.118. The zero-order chi connectivity index (χ0) is 16.2. The van der Waals surface area contributed by atoms with Gasteiger partial charge in [0.25, 0.3) is 0 Å². The summed E-state index contributed by atoms with van der Waals surface area (Å²) in [6, 6.07) is 16.5. The molecular weight excluding hydrogens is 314 g/mol. The van der Waals surface area contributed by atoms with Gasteiger partial charge in [-0.2, -0.15) is 4.98 Å². The van der Waals surface area contributed by atoms with Gasteiger partial charge in [-0.15, -0.1) is 0 Å². The van der Waals surface area contributed by atoms with E-state index >= 15 is 0 Å². The van der Waals surface area contributed by atoms with Crippen molar-refractivity contribution in [3.63, 3.8) is 0 Å². The zero-order valence-corrected chi connectivity index (χ0v) is 13.1. The molecule has 1 aromatic heterocycles. The molecule has 0 aliphatic heterocycles. The number of nitrogens with one attached hydrogen (secondary N) is 1. The Hall–Kier alpha value is -2.66. The average Bonchev–Trinajstić information content (AvgIpc) is 3.06. The maximum Gasteiger partial charge on any atom is 0.316 e. The minimum absolute atomic E-state index is 0.0715. The van der Waals surface area contributed by atoms with Crippen LogP contribution in [0.25, 0.3) is 11.4 Å². The number of nitrogens with zero attached hydrogens (tertiary/aromatic N) is 2. The van der Waals surface area contributed by atoms with Gasteiger partial charge in [-0.1, -0.05) is 47.1 Å². The van der Waals surface area contributed by atoms with E-state index < -0.39 is 5.91 Å². The number of benzene rings is 2. The lowest BCUT2D eigenvalue weighted by Crippen LogP contribution is -2.26. The van der Waals surface area contributed by atoms with E-state index in [-0.39, 0.29) is 11.9 Å². The van der Waals surface area contributed by atoms with Crippen LogP contribution in [0.3, 0.4) is 0 Å². The smallest absolute Gasteiger partial charge is 0.316 e. The van der Waals surface area contributed by atoms with Crippen molar-refractivity contribution in [1.29, 1.82) is 0 Å². The Balaban J connectivity index is 1.72. The molecule has 0 spiro atoms. The molecule has 3 rings (SSSR count). The van der Waals surface area contributed by atoms with E-state index in [0.29, 0.717) is 10.8 Å². The molecule has 0 aliphatic carbocycles. The average molecular weight is 328 g/mol. The van der Waals surface area contributed by atoms with E-state index in [0.717, 1.165) is 11.1 Å². The highest BCUT2D eigenvalue weighted by molar-refractivity contribution is 6.30. The van der Waals surface area contributed by atoms with Gasteiger partial charge in [0.1, 0.15) is 0 Å². The van der Waals surface area contributed by atoms with Crippen molar-refractivity contribution < 1.29 is 9.32 Å². The number of amides is 1. The second kappa shape index (κ2) is 6.62. The monoisotopic (exact) mass is 327 g/mol. The Morgan fingerprint density at radius 2 is 1.83 bits per heavy atom. The van der Waals surface area contributed by atoms with Crippen molar-refractivity contribution in [2.24, 2.45) is 0 Å². The maximum atomic E-state index is 12.2. The zero-order valence-electron chi connectivity index (χ0n) is 12.4. The SMILES string of the molecule is CC(NC(=O)c1nc(-c2ccc(Cl)cc2)no1)c1ccccc1. The van der Waals surface area contributed by atoms with Crippen LogP contribution < -0.4 is 5.32 Å². The Labute approximate surface area is 138 Å². The van der Waals surface area contributed by atoms with Gasteiger partial charge in [0.15, 0.2) is 0 Å². The van der Waals surface area contributed by atoms with Crippen molar-refractivity contribution in [2.75, 3.05) is 0 Å². The quantitative estimate of drug-likeness (QED) is 0.789. The van der Waals surface area contributed by atoms with Crippen LogP contribution in [-0.2, 0) is 0 Å². The summed E-state index contributed by atoms with van der Waals surface area (Å²) < 4.78 is 5.04. The molecule has 0 saturated carbocycles. The van der Waals surface area contributed by atoms with Crippen molar-refractivity contribution >= 4 is 17.5 Å². The van der Waals surface area contributed by atoms with Crippen LogP contribution in [0, 0.1) is 0 Å². The molecule has 0 fully saturated rings. The third kappa shape index (κ3) is 3.57. The first-order valence-electron chi connectivity index (χ1n) is 7.09. The van der Waals surface area contributed by atoms with Crippen LogP contribution in [0.1, 0.15) is 29.2 Å². The van der Waals surface area contributed by atoms with Gasteiger partial charge in [0.2, 0.25) is 5.82 Å². The Morgan fingerprint density at radius 3 is 2.52 bits per heavy atom. The predicted octanol–water partition coefficient (Wildman–Crippen LogP) is 3.88. The number of halogens is 1. The summed E-state index contributed by atoms with van der Waals surface area (Å²) in [6.07, 6.45) is 0. The van der Waals surface area contributed by atoms with Crippen LogP contribution in [0.4, 0.5) is 0 Å². The first-order chi connectivity index (χ1) is 11.1. The number of carbonyl (C=O) groups excluding carboxylic acids is 1. The van der Waals surface area contributed by atoms with E-state index in [1.807, 2.05) is 37.3 Å². The first kappa shape index (κ1) is 15.2. The summed E-state index contributed by atoms with van der Waals surface area (Å²) in [6.45, 7) is 1.89. The van der Waals surface area contributed by atoms with Gasteiger partial charge in [-0.05, 0) is 36.8 Å². The minimum Gasteiger partial charge on any atom is -0.341 e. The summed E-state index contributed by atoms with van der Waals surface area (Å²) in [7, 11) is 0. The lowest BCUT2D eigenvalue weighted by Gasteiger charge is -2.12. The number of rotatable bonds is 4.